The minimum Gasteiger partial charge on any atom is -0.381 e. The molecule has 4 heteroatoms. The van der Waals surface area contributed by atoms with Crippen LogP contribution in [0.3, 0.4) is 0 Å². The van der Waals surface area contributed by atoms with Crippen molar-refractivity contribution in [1.82, 2.24) is 10.6 Å². The van der Waals surface area contributed by atoms with Gasteiger partial charge in [-0.25, -0.2) is 0 Å². The number of carbonyl (C=O) groups excluding carboxylic acids is 1. The maximum Gasteiger partial charge on any atom is 0.233 e. The Hall–Kier alpha value is -0.610. The Morgan fingerprint density at radius 1 is 1.38 bits per heavy atom. The van der Waals surface area contributed by atoms with Crippen LogP contribution in [-0.4, -0.2) is 38.3 Å². The number of hydrogen-bond donors (Lipinski definition) is 2. The van der Waals surface area contributed by atoms with E-state index in [1.807, 2.05) is 13.8 Å². The van der Waals surface area contributed by atoms with E-state index in [-0.39, 0.29) is 5.91 Å². The lowest BCUT2D eigenvalue weighted by molar-refractivity contribution is -0.120. The Bertz CT molecular complexity index is 201. The molecule has 16 heavy (non-hydrogen) atoms. The highest BCUT2D eigenvalue weighted by Crippen LogP contribution is 2.17. The molecule has 0 aromatic heterocycles. The molecule has 0 bridgehead atoms. The quantitative estimate of drug-likeness (QED) is 0.710. The topological polar surface area (TPSA) is 50.4 Å². The van der Waals surface area contributed by atoms with Crippen molar-refractivity contribution in [3.8, 4) is 0 Å². The third-order valence-corrected chi connectivity index (χ3v) is 2.89. The number of amides is 1. The highest BCUT2D eigenvalue weighted by molar-refractivity contribution is 5.77. The third kappa shape index (κ3) is 6.08. The van der Waals surface area contributed by atoms with Crippen LogP contribution in [0.25, 0.3) is 0 Å². The summed E-state index contributed by atoms with van der Waals surface area (Å²) in [6.45, 7) is 7.06. The summed E-state index contributed by atoms with van der Waals surface area (Å²) in [5.41, 5.74) is 0. The van der Waals surface area contributed by atoms with Crippen LogP contribution in [0.4, 0.5) is 0 Å². The van der Waals surface area contributed by atoms with Gasteiger partial charge >= 0.3 is 0 Å². The van der Waals surface area contributed by atoms with Crippen molar-refractivity contribution in [2.24, 2.45) is 5.92 Å². The van der Waals surface area contributed by atoms with Gasteiger partial charge in [0, 0.05) is 25.8 Å². The molecule has 0 unspecified atom stereocenters. The van der Waals surface area contributed by atoms with Crippen molar-refractivity contribution in [2.45, 2.75) is 39.2 Å². The van der Waals surface area contributed by atoms with Gasteiger partial charge in [-0.15, -0.1) is 0 Å². The van der Waals surface area contributed by atoms with Gasteiger partial charge in [0.05, 0.1) is 6.54 Å². The average molecular weight is 228 g/mol. The van der Waals surface area contributed by atoms with Gasteiger partial charge in [-0.05, 0) is 25.2 Å². The van der Waals surface area contributed by atoms with Crippen molar-refractivity contribution in [3.63, 3.8) is 0 Å². The van der Waals surface area contributed by atoms with Gasteiger partial charge in [0.15, 0.2) is 0 Å². The molecule has 1 heterocycles. The molecule has 0 aliphatic carbocycles. The Balaban J connectivity index is 1.99. The second-order valence-corrected chi connectivity index (χ2v) is 4.73. The molecule has 0 aromatic rings. The minimum atomic E-state index is 0.0979. The van der Waals surface area contributed by atoms with Gasteiger partial charge in [-0.3, -0.25) is 4.79 Å². The number of rotatable bonds is 6. The molecular weight excluding hydrogens is 204 g/mol. The van der Waals surface area contributed by atoms with Gasteiger partial charge < -0.3 is 15.4 Å². The number of hydrogen-bond acceptors (Lipinski definition) is 3. The summed E-state index contributed by atoms with van der Waals surface area (Å²) in [6.07, 6.45) is 3.36. The third-order valence-electron chi connectivity index (χ3n) is 2.89. The van der Waals surface area contributed by atoms with Crippen LogP contribution in [0.15, 0.2) is 0 Å². The molecule has 2 N–H and O–H groups in total. The fourth-order valence-corrected chi connectivity index (χ4v) is 1.81. The fourth-order valence-electron chi connectivity index (χ4n) is 1.81. The first-order valence-corrected chi connectivity index (χ1v) is 6.26. The van der Waals surface area contributed by atoms with Gasteiger partial charge in [-0.2, -0.15) is 0 Å². The van der Waals surface area contributed by atoms with E-state index in [0.717, 1.165) is 44.9 Å². The molecule has 1 saturated heterocycles. The van der Waals surface area contributed by atoms with Crippen LogP contribution in [0.5, 0.6) is 0 Å². The van der Waals surface area contributed by atoms with E-state index >= 15 is 0 Å². The van der Waals surface area contributed by atoms with Gasteiger partial charge in [0.2, 0.25) is 5.91 Å². The summed E-state index contributed by atoms with van der Waals surface area (Å²) in [5, 5.41) is 6.04. The predicted molar refractivity (Wildman–Crippen MR) is 64.3 cm³/mol. The van der Waals surface area contributed by atoms with Crippen LogP contribution >= 0.6 is 0 Å². The molecule has 0 saturated carbocycles. The lowest BCUT2D eigenvalue weighted by Gasteiger charge is -2.21. The van der Waals surface area contributed by atoms with Crippen LogP contribution < -0.4 is 10.6 Å². The summed E-state index contributed by atoms with van der Waals surface area (Å²) in [6, 6.07) is 0.362. The van der Waals surface area contributed by atoms with Crippen molar-refractivity contribution in [2.75, 3.05) is 26.3 Å². The van der Waals surface area contributed by atoms with Crippen LogP contribution in [0.1, 0.15) is 33.1 Å². The van der Waals surface area contributed by atoms with Crippen LogP contribution in [0, 0.1) is 5.92 Å². The summed E-state index contributed by atoms with van der Waals surface area (Å²) in [5.74, 6) is 0.827. The zero-order valence-electron chi connectivity index (χ0n) is 10.4. The number of nitrogens with one attached hydrogen (secondary N) is 2. The molecular formula is C12H24N2O2. The van der Waals surface area contributed by atoms with Crippen LogP contribution in [-0.2, 0) is 9.53 Å². The molecule has 94 valence electrons. The van der Waals surface area contributed by atoms with Crippen molar-refractivity contribution < 1.29 is 9.53 Å². The van der Waals surface area contributed by atoms with E-state index in [1.165, 1.54) is 0 Å². The Morgan fingerprint density at radius 2 is 2.06 bits per heavy atom. The molecule has 4 nitrogen and oxygen atoms in total. The molecule has 0 radical (unpaired) electrons. The standard InChI is InChI=1S/C12H24N2O2/c1-10(2)14-9-12(15)13-6-3-11-4-7-16-8-5-11/h10-11,14H,3-9H2,1-2H3,(H,13,15). The summed E-state index contributed by atoms with van der Waals surface area (Å²) >= 11 is 0. The normalized spacial score (nSPS) is 17.7. The van der Waals surface area contributed by atoms with Crippen molar-refractivity contribution in [1.29, 1.82) is 0 Å². The van der Waals surface area contributed by atoms with Gasteiger partial charge in [-0.1, -0.05) is 13.8 Å². The van der Waals surface area contributed by atoms with E-state index < -0.39 is 0 Å². The van der Waals surface area contributed by atoms with Crippen LogP contribution in [0.2, 0.25) is 0 Å². The zero-order valence-corrected chi connectivity index (χ0v) is 10.4. The molecule has 1 rings (SSSR count). The fraction of sp³-hybridized carbons (Fsp3) is 0.917. The first-order valence-electron chi connectivity index (χ1n) is 6.26. The summed E-state index contributed by atoms with van der Waals surface area (Å²) in [4.78, 5) is 11.4. The number of carbonyl (C=O) groups is 1. The molecule has 0 atom stereocenters. The highest BCUT2D eigenvalue weighted by Gasteiger charge is 2.13. The van der Waals surface area contributed by atoms with Crippen molar-refractivity contribution in [3.05, 3.63) is 0 Å². The minimum absolute atomic E-state index is 0.0979. The molecule has 0 spiro atoms. The lowest BCUT2D eigenvalue weighted by Crippen LogP contribution is -2.37. The van der Waals surface area contributed by atoms with E-state index in [0.29, 0.717) is 12.6 Å². The smallest absolute Gasteiger partial charge is 0.233 e. The maximum absolute atomic E-state index is 11.4. The first-order chi connectivity index (χ1) is 7.68. The Labute approximate surface area is 98.1 Å². The monoisotopic (exact) mass is 228 g/mol. The van der Waals surface area contributed by atoms with E-state index in [4.69, 9.17) is 4.74 Å². The second kappa shape index (κ2) is 7.63. The van der Waals surface area contributed by atoms with Gasteiger partial charge in [0.1, 0.15) is 0 Å². The molecule has 1 amide bonds. The maximum atomic E-state index is 11.4. The zero-order chi connectivity index (χ0) is 11.8. The van der Waals surface area contributed by atoms with Gasteiger partial charge in [0.25, 0.3) is 0 Å². The molecule has 1 aliphatic rings. The predicted octanol–water partition coefficient (Wildman–Crippen LogP) is 0.917. The lowest BCUT2D eigenvalue weighted by atomic mass is 9.97. The Kier molecular flexibility index (Phi) is 6.42. The second-order valence-electron chi connectivity index (χ2n) is 4.73. The van der Waals surface area contributed by atoms with E-state index in [1.54, 1.807) is 0 Å². The van der Waals surface area contributed by atoms with E-state index in [2.05, 4.69) is 10.6 Å². The average Bonchev–Trinajstić information content (AvgIpc) is 2.28. The van der Waals surface area contributed by atoms with E-state index in [9.17, 15) is 4.79 Å². The first kappa shape index (κ1) is 13.5. The largest absolute Gasteiger partial charge is 0.381 e. The highest BCUT2D eigenvalue weighted by atomic mass is 16.5. The Morgan fingerprint density at radius 3 is 2.69 bits per heavy atom. The van der Waals surface area contributed by atoms with Crippen molar-refractivity contribution >= 4 is 5.91 Å². The summed E-state index contributed by atoms with van der Waals surface area (Å²) < 4.78 is 5.29. The molecule has 1 aliphatic heterocycles. The SMILES string of the molecule is CC(C)NCC(=O)NCCC1CCOCC1. The number of ether oxygens (including phenoxy) is 1. The molecule has 0 aromatic carbocycles. The molecule has 1 fully saturated rings. The summed E-state index contributed by atoms with van der Waals surface area (Å²) in [7, 11) is 0.